The van der Waals surface area contributed by atoms with Gasteiger partial charge >= 0.3 is 0 Å². The summed E-state index contributed by atoms with van der Waals surface area (Å²) < 4.78 is 0. The van der Waals surface area contributed by atoms with Crippen LogP contribution in [0.3, 0.4) is 0 Å². The van der Waals surface area contributed by atoms with Crippen molar-refractivity contribution in [1.82, 2.24) is 0 Å². The van der Waals surface area contributed by atoms with E-state index in [2.05, 4.69) is 20.4 Å². The summed E-state index contributed by atoms with van der Waals surface area (Å²) in [6.07, 6.45) is 7.12. The Morgan fingerprint density at radius 2 is 1.78 bits per heavy atom. The lowest BCUT2D eigenvalue weighted by Crippen LogP contribution is -2.00. The van der Waals surface area contributed by atoms with Gasteiger partial charge in [-0.05, 0) is 24.0 Å². The number of carbonyl (C=O) groups is 1. The molecule has 0 spiro atoms. The van der Waals surface area contributed by atoms with Gasteiger partial charge in [-0.3, -0.25) is 4.79 Å². The topological polar surface area (TPSA) is 17.1 Å². The molecule has 0 aromatic heterocycles. The number of benzene rings is 1. The molecule has 0 amide bonds. The number of carbonyl (C=O) groups excluding carboxylic acids is 1. The van der Waals surface area contributed by atoms with Gasteiger partial charge in [0.25, 0.3) is 0 Å². The molecule has 0 saturated heterocycles. The van der Waals surface area contributed by atoms with Crippen molar-refractivity contribution in [3.8, 4) is 0 Å². The third-order valence-electron chi connectivity index (χ3n) is 2.79. The van der Waals surface area contributed by atoms with Gasteiger partial charge in [0.2, 0.25) is 0 Å². The summed E-state index contributed by atoms with van der Waals surface area (Å²) in [6.45, 7) is 9.69. The van der Waals surface area contributed by atoms with E-state index in [1.54, 1.807) is 18.2 Å². The minimum absolute atomic E-state index is 0.0685. The lowest BCUT2D eigenvalue weighted by atomic mass is 9.98. The Labute approximate surface area is 110 Å². The molecule has 1 nitrogen and oxygen atoms in total. The highest BCUT2D eigenvalue weighted by Crippen LogP contribution is 2.16. The Morgan fingerprint density at radius 3 is 2.28 bits per heavy atom. The highest BCUT2D eigenvalue weighted by atomic mass is 16.1. The van der Waals surface area contributed by atoms with E-state index < -0.39 is 0 Å². The molecule has 18 heavy (non-hydrogen) atoms. The van der Waals surface area contributed by atoms with Gasteiger partial charge < -0.3 is 0 Å². The van der Waals surface area contributed by atoms with E-state index >= 15 is 0 Å². The molecule has 0 radical (unpaired) electrons. The molecule has 0 heterocycles. The van der Waals surface area contributed by atoms with Gasteiger partial charge in [-0.25, -0.2) is 0 Å². The summed E-state index contributed by atoms with van der Waals surface area (Å²) in [5.41, 5.74) is 2.71. The number of allylic oxidation sites excluding steroid dienone is 5. The van der Waals surface area contributed by atoms with Crippen LogP contribution in [0.1, 0.15) is 42.6 Å². The van der Waals surface area contributed by atoms with Crippen LogP contribution >= 0.6 is 0 Å². The van der Waals surface area contributed by atoms with Gasteiger partial charge in [0.05, 0.1) is 0 Å². The summed E-state index contributed by atoms with van der Waals surface area (Å²) in [5, 5.41) is 0. The summed E-state index contributed by atoms with van der Waals surface area (Å²) in [5.74, 6) is 0.556. The highest BCUT2D eigenvalue weighted by molar-refractivity contribution is 6.08. The van der Waals surface area contributed by atoms with Crippen LogP contribution in [0.15, 0.2) is 60.7 Å². The number of rotatable bonds is 5. The van der Waals surface area contributed by atoms with Crippen LogP contribution in [0.25, 0.3) is 0 Å². The maximum Gasteiger partial charge on any atom is 0.188 e. The standard InChI is InChI=1S/C17H20O/c1-5-6-7-8-14(4)17(18)16-11-9-15(10-12-16)13(2)3/h5-13H,1H2,2-4H3/b7-6-,14-8+. The van der Waals surface area contributed by atoms with Crippen molar-refractivity contribution in [3.63, 3.8) is 0 Å². The Balaban J connectivity index is 2.87. The second-order valence-electron chi connectivity index (χ2n) is 4.58. The van der Waals surface area contributed by atoms with Crippen LogP contribution < -0.4 is 0 Å². The van der Waals surface area contributed by atoms with Crippen molar-refractivity contribution < 1.29 is 4.79 Å². The Hall–Kier alpha value is -1.89. The lowest BCUT2D eigenvalue weighted by molar-refractivity contribution is 0.103. The summed E-state index contributed by atoms with van der Waals surface area (Å²) in [4.78, 5) is 12.1. The van der Waals surface area contributed by atoms with Gasteiger partial charge in [-0.15, -0.1) is 0 Å². The zero-order chi connectivity index (χ0) is 13.5. The van der Waals surface area contributed by atoms with E-state index in [1.165, 1.54) is 5.56 Å². The van der Waals surface area contributed by atoms with Crippen molar-refractivity contribution in [3.05, 3.63) is 71.8 Å². The second kappa shape index (κ2) is 6.75. The monoisotopic (exact) mass is 240 g/mol. The molecule has 0 saturated carbocycles. The predicted molar refractivity (Wildman–Crippen MR) is 78.0 cm³/mol. The molecule has 0 atom stereocenters. The first-order chi connectivity index (χ1) is 8.56. The van der Waals surface area contributed by atoms with Gasteiger partial charge in [0, 0.05) is 5.56 Å². The van der Waals surface area contributed by atoms with Crippen molar-refractivity contribution in [2.75, 3.05) is 0 Å². The van der Waals surface area contributed by atoms with Crippen molar-refractivity contribution in [2.24, 2.45) is 0 Å². The third kappa shape index (κ3) is 3.85. The van der Waals surface area contributed by atoms with Crippen LogP contribution in [0.2, 0.25) is 0 Å². The molecule has 0 aliphatic carbocycles. The Morgan fingerprint density at radius 1 is 1.17 bits per heavy atom. The fourth-order valence-corrected chi connectivity index (χ4v) is 1.60. The van der Waals surface area contributed by atoms with Gasteiger partial charge in [-0.1, -0.05) is 69.0 Å². The summed E-state index contributed by atoms with van der Waals surface area (Å²) in [7, 11) is 0. The lowest BCUT2D eigenvalue weighted by Gasteiger charge is -2.06. The molecule has 94 valence electrons. The van der Waals surface area contributed by atoms with Crippen LogP contribution in [0, 0.1) is 0 Å². The van der Waals surface area contributed by atoms with E-state index in [1.807, 2.05) is 37.3 Å². The SMILES string of the molecule is C=C/C=C\C=C(/C)C(=O)c1ccc(C(C)C)cc1. The zero-order valence-electron chi connectivity index (χ0n) is 11.3. The minimum atomic E-state index is 0.0685. The predicted octanol–water partition coefficient (Wildman–Crippen LogP) is 4.68. The molecule has 0 bridgehead atoms. The maximum absolute atomic E-state index is 12.1. The molecule has 0 aliphatic rings. The largest absolute Gasteiger partial charge is 0.289 e. The summed E-state index contributed by atoms with van der Waals surface area (Å²) in [6, 6.07) is 7.83. The van der Waals surface area contributed by atoms with E-state index in [-0.39, 0.29) is 5.78 Å². The van der Waals surface area contributed by atoms with Crippen molar-refractivity contribution in [2.45, 2.75) is 26.7 Å². The van der Waals surface area contributed by atoms with Crippen molar-refractivity contribution in [1.29, 1.82) is 0 Å². The second-order valence-corrected chi connectivity index (χ2v) is 4.58. The van der Waals surface area contributed by atoms with Gasteiger partial charge in [0.1, 0.15) is 0 Å². The zero-order valence-corrected chi connectivity index (χ0v) is 11.3. The molecule has 0 unspecified atom stereocenters. The smallest absolute Gasteiger partial charge is 0.188 e. The molecule has 1 aromatic rings. The summed E-state index contributed by atoms with van der Waals surface area (Å²) >= 11 is 0. The molecule has 0 aliphatic heterocycles. The van der Waals surface area contributed by atoms with Crippen molar-refractivity contribution >= 4 is 5.78 Å². The van der Waals surface area contributed by atoms with E-state index in [9.17, 15) is 4.79 Å². The van der Waals surface area contributed by atoms with Crippen LogP contribution in [-0.4, -0.2) is 5.78 Å². The number of hydrogen-bond acceptors (Lipinski definition) is 1. The first-order valence-electron chi connectivity index (χ1n) is 6.17. The highest BCUT2D eigenvalue weighted by Gasteiger charge is 2.07. The van der Waals surface area contributed by atoms with E-state index in [0.717, 1.165) is 11.1 Å². The molecule has 0 N–H and O–H groups in total. The average Bonchev–Trinajstić information content (AvgIpc) is 2.38. The van der Waals surface area contributed by atoms with Gasteiger partial charge in [-0.2, -0.15) is 0 Å². The maximum atomic E-state index is 12.1. The Bertz CT molecular complexity index is 473. The quantitative estimate of drug-likeness (QED) is 0.415. The normalized spacial score (nSPS) is 12.1. The fourth-order valence-electron chi connectivity index (χ4n) is 1.60. The number of ketones is 1. The molecule has 0 fully saturated rings. The van der Waals surface area contributed by atoms with Crippen LogP contribution in [0.5, 0.6) is 0 Å². The molecule has 1 aromatic carbocycles. The Kier molecular flexibility index (Phi) is 5.31. The molecule has 1 heteroatoms. The number of Topliss-reactive ketones (excluding diaryl/α,β-unsaturated/α-hetero) is 1. The first-order valence-corrected chi connectivity index (χ1v) is 6.17. The number of hydrogen-bond donors (Lipinski definition) is 0. The minimum Gasteiger partial charge on any atom is -0.289 e. The molecule has 1 rings (SSSR count). The first kappa shape index (κ1) is 14.2. The fraction of sp³-hybridized carbons (Fsp3) is 0.235. The van der Waals surface area contributed by atoms with Gasteiger partial charge in [0.15, 0.2) is 5.78 Å². The van der Waals surface area contributed by atoms with E-state index in [4.69, 9.17) is 0 Å². The van der Waals surface area contributed by atoms with Crippen LogP contribution in [-0.2, 0) is 0 Å². The van der Waals surface area contributed by atoms with E-state index in [0.29, 0.717) is 5.92 Å². The third-order valence-corrected chi connectivity index (χ3v) is 2.79. The average molecular weight is 240 g/mol. The molecular weight excluding hydrogens is 220 g/mol. The van der Waals surface area contributed by atoms with Crippen LogP contribution in [0.4, 0.5) is 0 Å². The molecular formula is C17H20O.